The van der Waals surface area contributed by atoms with Gasteiger partial charge in [0.2, 0.25) is 5.91 Å². The summed E-state index contributed by atoms with van der Waals surface area (Å²) in [5.74, 6) is -0.385. The van der Waals surface area contributed by atoms with Crippen LogP contribution in [0.2, 0.25) is 0 Å². The molecule has 1 unspecified atom stereocenters. The van der Waals surface area contributed by atoms with E-state index in [0.717, 1.165) is 40.7 Å². The monoisotopic (exact) mass is 562 g/mol. The van der Waals surface area contributed by atoms with E-state index in [0.29, 0.717) is 24.8 Å². The highest BCUT2D eigenvalue weighted by Crippen LogP contribution is 2.65. The zero-order valence-corrected chi connectivity index (χ0v) is 22.3. The van der Waals surface area contributed by atoms with Crippen LogP contribution >= 0.6 is 0 Å². The summed E-state index contributed by atoms with van der Waals surface area (Å²) in [5, 5.41) is 4.97. The fraction of sp³-hybridized carbons (Fsp3) is 0.400. The molecule has 0 saturated heterocycles. The third kappa shape index (κ3) is 3.96. The first-order valence-electron chi connectivity index (χ1n) is 13.9. The van der Waals surface area contributed by atoms with Gasteiger partial charge >= 0.3 is 6.18 Å². The van der Waals surface area contributed by atoms with Crippen molar-refractivity contribution in [3.8, 4) is 5.69 Å². The lowest BCUT2D eigenvalue weighted by atomic mass is 9.42. The molecule has 3 aromatic rings. The molecule has 5 aliphatic rings. The van der Waals surface area contributed by atoms with Crippen molar-refractivity contribution >= 4 is 17.6 Å². The lowest BCUT2D eigenvalue weighted by Gasteiger charge is -2.62. The van der Waals surface area contributed by atoms with Crippen LogP contribution in [0, 0.1) is 5.92 Å². The molecule has 8 rings (SSSR count). The zero-order valence-electron chi connectivity index (χ0n) is 22.3. The van der Waals surface area contributed by atoms with Gasteiger partial charge < -0.3 is 15.5 Å². The van der Waals surface area contributed by atoms with Gasteiger partial charge in [-0.2, -0.15) is 18.3 Å². The smallest absolute Gasteiger partial charge is 0.383 e. The molecule has 0 spiro atoms. The van der Waals surface area contributed by atoms with Crippen LogP contribution in [0.15, 0.2) is 49.1 Å². The molecule has 2 aromatic heterocycles. The van der Waals surface area contributed by atoms with E-state index < -0.39 is 29.6 Å². The van der Waals surface area contributed by atoms with E-state index in [1.165, 1.54) is 30.9 Å². The number of pyridine rings is 1. The molecule has 3 fully saturated rings. The maximum atomic E-state index is 13.8. The maximum Gasteiger partial charge on any atom is 0.433 e. The van der Waals surface area contributed by atoms with Crippen molar-refractivity contribution in [2.24, 2.45) is 5.92 Å². The highest BCUT2D eigenvalue weighted by atomic mass is 19.4. The van der Waals surface area contributed by atoms with Crippen LogP contribution in [0.1, 0.15) is 63.9 Å². The average molecular weight is 563 g/mol. The SMILES string of the molecule is C=CC(=O)N1CCc2nn(-c3ccc(C45CC(C4)C5)cc3)c3c2C(C1)N(C(=O)c1ccc(C(F)(F)F)nc1N)CC3. The lowest BCUT2D eigenvalue weighted by Crippen LogP contribution is -2.55. The molecule has 41 heavy (non-hydrogen) atoms. The number of benzene rings is 1. The quantitative estimate of drug-likeness (QED) is 0.480. The molecule has 1 aromatic carbocycles. The summed E-state index contributed by atoms with van der Waals surface area (Å²) in [4.78, 5) is 33.1. The molecule has 4 heterocycles. The highest BCUT2D eigenvalue weighted by molar-refractivity contribution is 5.99. The van der Waals surface area contributed by atoms with Gasteiger partial charge in [0.1, 0.15) is 11.5 Å². The first-order valence-corrected chi connectivity index (χ1v) is 13.9. The summed E-state index contributed by atoms with van der Waals surface area (Å²) in [6.45, 7) is 4.50. The minimum absolute atomic E-state index is 0.106. The Bertz CT molecular complexity index is 1580. The van der Waals surface area contributed by atoms with Crippen LogP contribution in [0.3, 0.4) is 0 Å². The Morgan fingerprint density at radius 1 is 1.05 bits per heavy atom. The van der Waals surface area contributed by atoms with E-state index in [1.54, 1.807) is 9.80 Å². The van der Waals surface area contributed by atoms with Crippen molar-refractivity contribution < 1.29 is 22.8 Å². The Hall–Kier alpha value is -4.15. The largest absolute Gasteiger partial charge is 0.433 e. The Morgan fingerprint density at radius 2 is 1.78 bits per heavy atom. The van der Waals surface area contributed by atoms with Gasteiger partial charge in [0, 0.05) is 38.0 Å². The third-order valence-electron chi connectivity index (χ3n) is 9.36. The lowest BCUT2D eigenvalue weighted by molar-refractivity contribution is -0.141. The number of amides is 2. The first-order chi connectivity index (χ1) is 19.6. The van der Waals surface area contributed by atoms with Crippen LogP contribution in [-0.2, 0) is 29.2 Å². The molecule has 11 heteroatoms. The molecular formula is C30H29F3N6O2. The molecule has 8 nitrogen and oxygen atoms in total. The number of hydrogen-bond acceptors (Lipinski definition) is 5. The number of carbonyl (C=O) groups is 2. The Morgan fingerprint density at radius 3 is 2.39 bits per heavy atom. The maximum absolute atomic E-state index is 13.8. The van der Waals surface area contributed by atoms with Crippen molar-refractivity contribution in [2.45, 2.75) is 49.7 Å². The minimum atomic E-state index is -4.68. The van der Waals surface area contributed by atoms with Gasteiger partial charge in [-0.25, -0.2) is 9.67 Å². The third-order valence-corrected chi connectivity index (χ3v) is 9.36. The summed E-state index contributed by atoms with van der Waals surface area (Å²) >= 11 is 0. The molecule has 2 aliphatic heterocycles. The molecular weight excluding hydrogens is 533 g/mol. The van der Waals surface area contributed by atoms with Crippen LogP contribution in [0.5, 0.6) is 0 Å². The number of carbonyl (C=O) groups excluding carboxylic acids is 2. The topological polar surface area (TPSA) is 97.4 Å². The van der Waals surface area contributed by atoms with Crippen molar-refractivity contribution in [1.82, 2.24) is 24.6 Å². The molecule has 212 valence electrons. The van der Waals surface area contributed by atoms with Crippen LogP contribution < -0.4 is 5.73 Å². The number of halogens is 3. The predicted octanol–water partition coefficient (Wildman–Crippen LogP) is 4.23. The molecule has 2 bridgehead atoms. The van der Waals surface area contributed by atoms with Gasteiger partial charge in [-0.05, 0) is 66.5 Å². The van der Waals surface area contributed by atoms with Gasteiger partial charge in [-0.15, -0.1) is 0 Å². The van der Waals surface area contributed by atoms with E-state index >= 15 is 0 Å². The Balaban J connectivity index is 1.25. The van der Waals surface area contributed by atoms with Gasteiger partial charge in [-0.3, -0.25) is 9.59 Å². The molecule has 3 aliphatic carbocycles. The molecule has 0 radical (unpaired) electrons. The normalized spacial score (nSPS) is 24.6. The Labute approximate surface area is 234 Å². The zero-order chi connectivity index (χ0) is 28.7. The fourth-order valence-corrected chi connectivity index (χ4v) is 7.14. The van der Waals surface area contributed by atoms with Crippen LogP contribution in [0.4, 0.5) is 19.0 Å². The molecule has 2 N–H and O–H groups in total. The van der Waals surface area contributed by atoms with Crippen molar-refractivity contribution in [1.29, 1.82) is 0 Å². The van der Waals surface area contributed by atoms with Gasteiger partial charge in [0.15, 0.2) is 0 Å². The van der Waals surface area contributed by atoms with Crippen LogP contribution in [0.25, 0.3) is 5.69 Å². The molecule has 2 amide bonds. The number of anilines is 1. The minimum Gasteiger partial charge on any atom is -0.383 e. The first kappa shape index (κ1) is 25.8. The van der Waals surface area contributed by atoms with E-state index in [2.05, 4.69) is 35.8 Å². The summed E-state index contributed by atoms with van der Waals surface area (Å²) in [7, 11) is 0. The second-order valence-corrected chi connectivity index (χ2v) is 11.7. The number of rotatable bonds is 4. The summed E-state index contributed by atoms with van der Waals surface area (Å²) < 4.78 is 41.4. The summed E-state index contributed by atoms with van der Waals surface area (Å²) in [6.07, 6.45) is 1.38. The van der Waals surface area contributed by atoms with E-state index in [4.69, 9.17) is 10.8 Å². The number of hydrogen-bond donors (Lipinski definition) is 1. The second-order valence-electron chi connectivity index (χ2n) is 11.7. The summed E-state index contributed by atoms with van der Waals surface area (Å²) in [5.41, 5.74) is 9.93. The van der Waals surface area contributed by atoms with Gasteiger partial charge in [-0.1, -0.05) is 18.7 Å². The number of aromatic nitrogens is 3. The number of alkyl halides is 3. The standard InChI is InChI=1S/C30H29F3N6O2/c1-2-25(40)37-11-9-21-26-22(39(36-21)19-5-3-18(4-6-19)29-13-17(14-29)15-29)10-12-38(23(26)16-37)28(41)20-7-8-24(30(31,32)33)35-27(20)34/h2-8,17,23H,1,9-16H2,(H2,34,35). The van der Waals surface area contributed by atoms with E-state index in [1.807, 2.05) is 4.68 Å². The average Bonchev–Trinajstić information content (AvgIpc) is 3.16. The van der Waals surface area contributed by atoms with E-state index in [9.17, 15) is 22.8 Å². The van der Waals surface area contributed by atoms with Gasteiger partial charge in [0.05, 0.1) is 28.7 Å². The van der Waals surface area contributed by atoms with E-state index in [-0.39, 0.29) is 24.6 Å². The van der Waals surface area contributed by atoms with Crippen LogP contribution in [-0.4, -0.2) is 56.0 Å². The number of nitrogens with two attached hydrogens (primary N) is 1. The predicted molar refractivity (Wildman–Crippen MR) is 144 cm³/mol. The van der Waals surface area contributed by atoms with Crippen molar-refractivity contribution in [2.75, 3.05) is 25.4 Å². The second kappa shape index (κ2) is 8.92. The van der Waals surface area contributed by atoms with Crippen molar-refractivity contribution in [3.63, 3.8) is 0 Å². The molecule has 1 atom stereocenters. The Kier molecular flexibility index (Phi) is 5.61. The van der Waals surface area contributed by atoms with Crippen molar-refractivity contribution in [3.05, 3.63) is 82.8 Å². The fourth-order valence-electron chi connectivity index (χ4n) is 7.14. The molecule has 3 saturated carbocycles. The highest BCUT2D eigenvalue weighted by Gasteiger charge is 2.57. The summed E-state index contributed by atoms with van der Waals surface area (Å²) in [6, 6.07) is 9.89. The number of nitrogens with zero attached hydrogens (tertiary/aromatic N) is 5. The van der Waals surface area contributed by atoms with Gasteiger partial charge in [0.25, 0.3) is 5.91 Å². The number of nitrogen functional groups attached to an aromatic ring is 1.